The van der Waals surface area contributed by atoms with Gasteiger partial charge >= 0.3 is 12.1 Å². The average molecular weight is 692 g/mol. The fourth-order valence-corrected chi connectivity index (χ4v) is 7.33. The Morgan fingerprint density at radius 1 is 1.05 bits per heavy atom. The number of nitrogens with zero attached hydrogens (tertiary/aromatic N) is 1. The highest BCUT2D eigenvalue weighted by Gasteiger charge is 2.58. The lowest BCUT2D eigenvalue weighted by Gasteiger charge is -2.50. The summed E-state index contributed by atoms with van der Waals surface area (Å²) >= 11 is 33.6. The van der Waals surface area contributed by atoms with Crippen LogP contribution >= 0.6 is 80.4 Å². The fourth-order valence-electron chi connectivity index (χ4n) is 3.28. The van der Waals surface area contributed by atoms with Gasteiger partial charge in [0.1, 0.15) is 30.6 Å². The topological polar surface area (TPSA) is 116 Å². The minimum absolute atomic E-state index is 0.0515. The smallest absolute Gasteiger partial charge is 0.459 e. The van der Waals surface area contributed by atoms with Gasteiger partial charge in [0.15, 0.2) is 6.04 Å². The molecule has 2 rings (SSSR count). The van der Waals surface area contributed by atoms with E-state index in [2.05, 4.69) is 6.58 Å². The van der Waals surface area contributed by atoms with Gasteiger partial charge in [-0.1, -0.05) is 94.4 Å². The summed E-state index contributed by atoms with van der Waals surface area (Å²) in [4.78, 5) is 39.1. The van der Waals surface area contributed by atoms with Crippen LogP contribution in [0.5, 0.6) is 0 Å². The van der Waals surface area contributed by atoms with Crippen LogP contribution in [0, 0.1) is 5.92 Å². The highest BCUT2D eigenvalue weighted by atomic mass is 35.6. The lowest BCUT2D eigenvalue weighted by Crippen LogP contribution is -2.68. The van der Waals surface area contributed by atoms with Crippen molar-refractivity contribution in [3.8, 4) is 0 Å². The zero-order valence-electron chi connectivity index (χ0n) is 19.6. The SMILES string of the molecule is C=C(C)C(C(=O)OCC(Cl)(Cl)Cl)N1C(=O)[C@H]([C@@H](C)OC(=O)OCC(Cl)(Cl)Cl)[C@H]1SS(=O)(=O)c1ccccc1. The molecular formula is C21H21Cl6NO8S2. The number of likely N-dealkylation sites (tertiary alicyclic amines) is 1. The molecule has 0 aliphatic carbocycles. The number of hydrogen-bond acceptors (Lipinski definition) is 9. The molecule has 4 atom stereocenters. The van der Waals surface area contributed by atoms with Crippen LogP contribution in [0.2, 0.25) is 0 Å². The first-order chi connectivity index (χ1) is 17.3. The minimum atomic E-state index is -4.07. The van der Waals surface area contributed by atoms with E-state index in [0.717, 1.165) is 4.90 Å². The Labute approximate surface area is 253 Å². The Balaban J connectivity index is 2.36. The Morgan fingerprint density at radius 3 is 2.08 bits per heavy atom. The summed E-state index contributed by atoms with van der Waals surface area (Å²) in [6.07, 6.45) is -2.48. The first-order valence-corrected chi connectivity index (χ1v) is 15.6. The number of β-lactam (4-membered cyclic amide) rings is 1. The molecule has 38 heavy (non-hydrogen) atoms. The Morgan fingerprint density at radius 2 is 1.58 bits per heavy atom. The molecule has 1 unspecified atom stereocenters. The molecule has 1 heterocycles. The molecule has 0 spiro atoms. The van der Waals surface area contributed by atoms with Crippen molar-refractivity contribution in [2.45, 2.75) is 43.8 Å². The van der Waals surface area contributed by atoms with Gasteiger partial charge in [0, 0.05) is 0 Å². The van der Waals surface area contributed by atoms with E-state index in [1.807, 2.05) is 0 Å². The molecule has 212 valence electrons. The molecule has 0 N–H and O–H groups in total. The molecule has 0 radical (unpaired) electrons. The van der Waals surface area contributed by atoms with Gasteiger partial charge in [0.25, 0.3) is 0 Å². The maximum atomic E-state index is 13.3. The first kappa shape index (κ1) is 33.4. The molecule has 1 amide bonds. The summed E-state index contributed by atoms with van der Waals surface area (Å²) in [5.74, 6) is -2.96. The highest BCUT2D eigenvalue weighted by molar-refractivity contribution is 8.72. The van der Waals surface area contributed by atoms with Crippen LogP contribution in [-0.2, 0) is 32.7 Å². The molecule has 17 heteroatoms. The average Bonchev–Trinajstić information content (AvgIpc) is 2.78. The van der Waals surface area contributed by atoms with Gasteiger partial charge < -0.3 is 19.1 Å². The normalized spacial score (nSPS) is 19.7. The van der Waals surface area contributed by atoms with Gasteiger partial charge in [0.05, 0.1) is 4.90 Å². The van der Waals surface area contributed by atoms with E-state index in [1.165, 1.54) is 38.1 Å². The number of esters is 1. The van der Waals surface area contributed by atoms with E-state index in [9.17, 15) is 22.8 Å². The standard InChI is InChI=1S/C21H21Cl6NO8S2/c1-11(2)15(18(30)34-9-20(22,23)24)28-16(29)14(12(3)36-19(31)35-10-21(25,26)27)17(28)37-38(32,33)13-7-5-4-6-8-13/h4-8,12,14-15,17H,1,9-10H2,2-3H3/t12-,14+,15?,17-/m1/s1. The summed E-state index contributed by atoms with van der Waals surface area (Å²) < 4.78 is 37.4. The lowest BCUT2D eigenvalue weighted by atomic mass is 9.89. The Bertz CT molecular complexity index is 1160. The second-order valence-electron chi connectivity index (χ2n) is 7.97. The number of benzene rings is 1. The van der Waals surface area contributed by atoms with E-state index in [-0.39, 0.29) is 10.5 Å². The maximum absolute atomic E-state index is 13.3. The third-order valence-corrected chi connectivity index (χ3v) is 9.27. The summed E-state index contributed by atoms with van der Waals surface area (Å²) in [6, 6.07) is 5.96. The van der Waals surface area contributed by atoms with Gasteiger partial charge in [-0.15, -0.1) is 0 Å². The summed E-state index contributed by atoms with van der Waals surface area (Å²) in [7, 11) is -3.69. The second-order valence-corrected chi connectivity index (χ2v) is 17.0. The quantitative estimate of drug-likeness (QED) is 0.101. The number of carbonyl (C=O) groups excluding carboxylic acids is 3. The summed E-state index contributed by atoms with van der Waals surface area (Å²) in [5.41, 5.74) is 0.143. The molecule has 1 saturated heterocycles. The molecule has 1 aliphatic rings. The zero-order chi connectivity index (χ0) is 29.1. The third-order valence-electron chi connectivity index (χ3n) is 4.87. The molecule has 0 saturated carbocycles. The Hall–Kier alpha value is -0.790. The number of ether oxygens (including phenoxy) is 3. The number of alkyl halides is 6. The number of hydrogen-bond donors (Lipinski definition) is 0. The largest absolute Gasteiger partial charge is 0.508 e. The minimum Gasteiger partial charge on any atom is -0.459 e. The molecule has 9 nitrogen and oxygen atoms in total. The summed E-state index contributed by atoms with van der Waals surface area (Å²) in [6.45, 7) is 5.22. The lowest BCUT2D eigenvalue weighted by molar-refractivity contribution is -0.170. The molecule has 1 fully saturated rings. The van der Waals surface area contributed by atoms with Crippen molar-refractivity contribution >= 4 is 107 Å². The van der Waals surface area contributed by atoms with E-state index in [0.29, 0.717) is 10.8 Å². The predicted molar refractivity (Wildman–Crippen MR) is 147 cm³/mol. The van der Waals surface area contributed by atoms with Gasteiger partial charge in [-0.3, -0.25) is 4.79 Å². The van der Waals surface area contributed by atoms with Crippen molar-refractivity contribution in [3.63, 3.8) is 0 Å². The number of halogens is 6. The van der Waals surface area contributed by atoms with Crippen molar-refractivity contribution in [3.05, 3.63) is 42.5 Å². The highest BCUT2D eigenvalue weighted by Crippen LogP contribution is 2.45. The van der Waals surface area contributed by atoms with Crippen LogP contribution in [0.25, 0.3) is 0 Å². The Kier molecular flexibility index (Phi) is 11.7. The van der Waals surface area contributed by atoms with Crippen molar-refractivity contribution in [2.24, 2.45) is 5.92 Å². The molecule has 1 aliphatic heterocycles. The fraction of sp³-hybridized carbons (Fsp3) is 0.476. The second kappa shape index (κ2) is 13.2. The van der Waals surface area contributed by atoms with Gasteiger partial charge in [0.2, 0.25) is 22.4 Å². The van der Waals surface area contributed by atoms with E-state index < -0.39 is 71.1 Å². The first-order valence-electron chi connectivity index (χ1n) is 10.4. The zero-order valence-corrected chi connectivity index (χ0v) is 25.8. The van der Waals surface area contributed by atoms with Crippen LogP contribution in [0.15, 0.2) is 47.4 Å². The van der Waals surface area contributed by atoms with Crippen LogP contribution in [0.1, 0.15) is 13.8 Å². The van der Waals surface area contributed by atoms with Crippen LogP contribution < -0.4 is 0 Å². The van der Waals surface area contributed by atoms with Gasteiger partial charge in [-0.2, -0.15) is 0 Å². The van der Waals surface area contributed by atoms with Gasteiger partial charge in [-0.05, 0) is 42.3 Å². The van der Waals surface area contributed by atoms with E-state index >= 15 is 0 Å². The van der Waals surface area contributed by atoms with Crippen molar-refractivity contribution < 1.29 is 37.0 Å². The summed E-state index contributed by atoms with van der Waals surface area (Å²) in [5, 5.41) is -1.23. The number of carbonyl (C=O) groups is 3. The van der Waals surface area contributed by atoms with E-state index in [1.54, 1.807) is 6.07 Å². The molecular weight excluding hydrogens is 671 g/mol. The predicted octanol–water partition coefficient (Wildman–Crippen LogP) is 5.66. The molecule has 0 bridgehead atoms. The number of amides is 1. The van der Waals surface area contributed by atoms with Crippen LogP contribution in [0.4, 0.5) is 4.79 Å². The van der Waals surface area contributed by atoms with Crippen molar-refractivity contribution in [1.29, 1.82) is 0 Å². The van der Waals surface area contributed by atoms with E-state index in [4.69, 9.17) is 83.8 Å². The van der Waals surface area contributed by atoms with Crippen molar-refractivity contribution in [2.75, 3.05) is 13.2 Å². The monoisotopic (exact) mass is 689 g/mol. The van der Waals surface area contributed by atoms with Crippen LogP contribution in [-0.4, -0.2) is 69.7 Å². The molecule has 1 aromatic rings. The van der Waals surface area contributed by atoms with Gasteiger partial charge in [-0.25, -0.2) is 18.0 Å². The molecule has 1 aromatic carbocycles. The maximum Gasteiger partial charge on any atom is 0.508 e. The molecule has 0 aromatic heterocycles. The van der Waals surface area contributed by atoms with Crippen LogP contribution in [0.3, 0.4) is 0 Å². The third kappa shape index (κ3) is 9.40. The van der Waals surface area contributed by atoms with Crippen molar-refractivity contribution in [1.82, 2.24) is 4.90 Å². The number of rotatable bonds is 10.